The molecule has 0 radical (unpaired) electrons. The molecule has 0 saturated heterocycles. The number of furan rings is 1. The molecule has 1 heterocycles. The fraction of sp³-hybridized carbons (Fsp3) is 0. The zero-order valence-corrected chi connectivity index (χ0v) is 8.46. The molecule has 0 bridgehead atoms. The van der Waals surface area contributed by atoms with Crippen LogP contribution in [0.5, 0.6) is 0 Å². The first-order valence-electron chi connectivity index (χ1n) is 4.81. The van der Waals surface area contributed by atoms with Gasteiger partial charge in [0.15, 0.2) is 0 Å². The van der Waals surface area contributed by atoms with Gasteiger partial charge < -0.3 is 9.52 Å². The Morgan fingerprint density at radius 1 is 1.12 bits per heavy atom. The molecular weight excluding hydrogens is 204 g/mol. The summed E-state index contributed by atoms with van der Waals surface area (Å²) < 4.78 is 5.08. The van der Waals surface area contributed by atoms with Gasteiger partial charge in [-0.05, 0) is 23.8 Å². The zero-order chi connectivity index (χ0) is 11.4. The number of carboxylic acid groups (broad SMARTS) is 1. The Hall–Kier alpha value is -2.29. The van der Waals surface area contributed by atoms with Crippen molar-refractivity contribution in [1.29, 1.82) is 0 Å². The maximum absolute atomic E-state index is 11.1. The van der Waals surface area contributed by atoms with Crippen molar-refractivity contribution < 1.29 is 14.3 Å². The van der Waals surface area contributed by atoms with Crippen LogP contribution in [0, 0.1) is 0 Å². The van der Waals surface area contributed by atoms with Crippen molar-refractivity contribution in [1.82, 2.24) is 0 Å². The molecule has 0 amide bonds. The van der Waals surface area contributed by atoms with Crippen molar-refractivity contribution in [2.75, 3.05) is 0 Å². The minimum absolute atomic E-state index is 0.149. The average molecular weight is 214 g/mol. The molecule has 1 aromatic heterocycles. The van der Waals surface area contributed by atoms with Crippen molar-refractivity contribution in [3.05, 3.63) is 60.1 Å². The first-order valence-corrected chi connectivity index (χ1v) is 4.81. The van der Waals surface area contributed by atoms with Gasteiger partial charge in [0, 0.05) is 0 Å². The highest BCUT2D eigenvalue weighted by Gasteiger charge is 2.12. The van der Waals surface area contributed by atoms with Crippen LogP contribution in [-0.4, -0.2) is 11.1 Å². The second-order valence-electron chi connectivity index (χ2n) is 3.25. The van der Waals surface area contributed by atoms with E-state index in [1.165, 1.54) is 6.26 Å². The molecule has 0 atom stereocenters. The second-order valence-corrected chi connectivity index (χ2v) is 3.25. The van der Waals surface area contributed by atoms with Crippen molar-refractivity contribution in [2.45, 2.75) is 0 Å². The third-order valence-electron chi connectivity index (χ3n) is 2.13. The van der Waals surface area contributed by atoms with E-state index >= 15 is 0 Å². The summed E-state index contributed by atoms with van der Waals surface area (Å²) in [5.41, 5.74) is 0.979. The Bertz CT molecular complexity index is 495. The minimum Gasteiger partial charge on any atom is -0.478 e. The van der Waals surface area contributed by atoms with Gasteiger partial charge in [-0.15, -0.1) is 0 Å². The minimum atomic E-state index is -1.00. The second kappa shape index (κ2) is 4.49. The maximum Gasteiger partial charge on any atom is 0.339 e. The molecule has 80 valence electrons. The first-order chi connectivity index (χ1) is 7.77. The Balaban J connectivity index is 2.42. The van der Waals surface area contributed by atoms with E-state index in [0.717, 1.165) is 5.56 Å². The monoisotopic (exact) mass is 214 g/mol. The molecule has 3 nitrogen and oxygen atoms in total. The Morgan fingerprint density at radius 2 is 1.88 bits per heavy atom. The van der Waals surface area contributed by atoms with Gasteiger partial charge in [0.1, 0.15) is 11.3 Å². The summed E-state index contributed by atoms with van der Waals surface area (Å²) >= 11 is 0. The smallest absolute Gasteiger partial charge is 0.339 e. The molecule has 1 N–H and O–H groups in total. The number of hydrogen-bond donors (Lipinski definition) is 1. The number of carboxylic acids is 1. The topological polar surface area (TPSA) is 50.4 Å². The van der Waals surface area contributed by atoms with E-state index in [4.69, 9.17) is 9.52 Å². The van der Waals surface area contributed by atoms with E-state index in [1.54, 1.807) is 18.2 Å². The lowest BCUT2D eigenvalue weighted by molar-refractivity contribution is -0.130. The Kier molecular flexibility index (Phi) is 2.87. The van der Waals surface area contributed by atoms with Gasteiger partial charge in [-0.1, -0.05) is 30.3 Å². The van der Waals surface area contributed by atoms with Gasteiger partial charge in [0.25, 0.3) is 0 Å². The fourth-order valence-corrected chi connectivity index (χ4v) is 1.39. The molecule has 1 aromatic carbocycles. The third-order valence-corrected chi connectivity index (χ3v) is 2.13. The molecule has 16 heavy (non-hydrogen) atoms. The fourth-order valence-electron chi connectivity index (χ4n) is 1.39. The molecule has 2 aromatic rings. The quantitative estimate of drug-likeness (QED) is 0.799. The number of rotatable bonds is 3. The summed E-state index contributed by atoms with van der Waals surface area (Å²) in [5.74, 6) is -0.643. The number of aliphatic carboxylic acids is 1. The molecule has 0 fully saturated rings. The molecule has 0 aliphatic carbocycles. The van der Waals surface area contributed by atoms with E-state index in [2.05, 4.69) is 0 Å². The van der Waals surface area contributed by atoms with Crippen LogP contribution >= 0.6 is 0 Å². The van der Waals surface area contributed by atoms with Crippen LogP contribution in [0.15, 0.2) is 53.1 Å². The summed E-state index contributed by atoms with van der Waals surface area (Å²) in [4.78, 5) is 11.1. The molecule has 3 heteroatoms. The predicted molar refractivity (Wildman–Crippen MR) is 60.7 cm³/mol. The summed E-state index contributed by atoms with van der Waals surface area (Å²) in [6.45, 7) is 0. The maximum atomic E-state index is 11.1. The van der Waals surface area contributed by atoms with Gasteiger partial charge in [0.2, 0.25) is 0 Å². The van der Waals surface area contributed by atoms with Crippen LogP contribution in [0.4, 0.5) is 0 Å². The summed E-state index contributed by atoms with van der Waals surface area (Å²) in [6, 6.07) is 12.6. The number of hydrogen-bond acceptors (Lipinski definition) is 2. The van der Waals surface area contributed by atoms with E-state index in [-0.39, 0.29) is 5.57 Å². The van der Waals surface area contributed by atoms with Crippen LogP contribution in [0.2, 0.25) is 0 Å². The lowest BCUT2D eigenvalue weighted by Crippen LogP contribution is -1.98. The number of benzene rings is 1. The van der Waals surface area contributed by atoms with Crippen molar-refractivity contribution in [2.24, 2.45) is 0 Å². The van der Waals surface area contributed by atoms with Crippen molar-refractivity contribution >= 4 is 17.6 Å². The van der Waals surface area contributed by atoms with Gasteiger partial charge in [-0.3, -0.25) is 0 Å². The molecule has 0 unspecified atom stereocenters. The lowest BCUT2D eigenvalue weighted by atomic mass is 10.1. The van der Waals surface area contributed by atoms with E-state index in [1.807, 2.05) is 30.3 Å². The molecular formula is C13H10O3. The largest absolute Gasteiger partial charge is 0.478 e. The van der Waals surface area contributed by atoms with Crippen LogP contribution in [0.1, 0.15) is 11.3 Å². The van der Waals surface area contributed by atoms with Gasteiger partial charge >= 0.3 is 5.97 Å². The van der Waals surface area contributed by atoms with Crippen molar-refractivity contribution in [3.8, 4) is 0 Å². The number of carbonyl (C=O) groups is 1. The highest BCUT2D eigenvalue weighted by atomic mass is 16.4. The van der Waals surface area contributed by atoms with Crippen molar-refractivity contribution in [3.63, 3.8) is 0 Å². The zero-order valence-electron chi connectivity index (χ0n) is 8.46. The van der Waals surface area contributed by atoms with Crippen LogP contribution < -0.4 is 0 Å². The highest BCUT2D eigenvalue weighted by Crippen LogP contribution is 2.18. The van der Waals surface area contributed by atoms with Gasteiger partial charge in [0.05, 0.1) is 6.26 Å². The molecule has 0 aliphatic heterocycles. The lowest BCUT2D eigenvalue weighted by Gasteiger charge is -1.98. The van der Waals surface area contributed by atoms with E-state index < -0.39 is 5.97 Å². The molecule has 0 saturated carbocycles. The average Bonchev–Trinajstić information content (AvgIpc) is 2.80. The summed E-state index contributed by atoms with van der Waals surface area (Å²) in [6.07, 6.45) is 3.04. The van der Waals surface area contributed by atoms with Crippen LogP contribution in [-0.2, 0) is 4.79 Å². The predicted octanol–water partition coefficient (Wildman–Crippen LogP) is 2.90. The third kappa shape index (κ3) is 2.20. The molecule has 0 aliphatic rings. The Morgan fingerprint density at radius 3 is 2.44 bits per heavy atom. The highest BCUT2D eigenvalue weighted by molar-refractivity contribution is 6.19. The first kappa shape index (κ1) is 10.2. The van der Waals surface area contributed by atoms with Gasteiger partial charge in [-0.2, -0.15) is 0 Å². The molecule has 2 rings (SSSR count). The summed E-state index contributed by atoms with van der Waals surface area (Å²) in [7, 11) is 0. The van der Waals surface area contributed by atoms with Gasteiger partial charge in [-0.25, -0.2) is 4.79 Å². The Labute approximate surface area is 92.6 Å². The van der Waals surface area contributed by atoms with E-state index in [9.17, 15) is 4.79 Å². The molecule has 0 spiro atoms. The van der Waals surface area contributed by atoms with Crippen LogP contribution in [0.25, 0.3) is 11.6 Å². The summed E-state index contributed by atoms with van der Waals surface area (Å²) in [5, 5.41) is 9.08. The van der Waals surface area contributed by atoms with Crippen LogP contribution in [0.3, 0.4) is 0 Å². The standard InChI is InChI=1S/C13H10O3/c14-13(15)11(12-7-4-8-16-12)9-10-5-2-1-3-6-10/h1-9H,(H,14,15)/b11-9+. The normalized spacial score (nSPS) is 11.4. The SMILES string of the molecule is O=C(O)/C(=C/c1ccccc1)c1ccco1. The van der Waals surface area contributed by atoms with E-state index in [0.29, 0.717) is 5.76 Å².